The minimum Gasteiger partial charge on any atom is -0.325 e. The lowest BCUT2D eigenvalue weighted by Crippen LogP contribution is -2.13. The lowest BCUT2D eigenvalue weighted by Gasteiger charge is -2.15. The lowest BCUT2D eigenvalue weighted by atomic mass is 9.92. The molecule has 1 fully saturated rings. The molecule has 2 unspecified atom stereocenters. The van der Waals surface area contributed by atoms with E-state index >= 15 is 4.39 Å². The van der Waals surface area contributed by atoms with Crippen LogP contribution in [0.5, 0.6) is 0 Å². The molecule has 0 amide bonds. The van der Waals surface area contributed by atoms with Crippen molar-refractivity contribution in [2.24, 2.45) is 12.8 Å². The summed E-state index contributed by atoms with van der Waals surface area (Å²) in [5, 5.41) is 21.4. The van der Waals surface area contributed by atoms with Crippen molar-refractivity contribution in [3.8, 4) is 28.5 Å². The van der Waals surface area contributed by atoms with Gasteiger partial charge in [0.15, 0.2) is 5.82 Å². The Balaban J connectivity index is 1.79. The maximum Gasteiger partial charge on any atom is 0.272 e. The van der Waals surface area contributed by atoms with E-state index in [9.17, 15) is 14.4 Å². The average Bonchev–Trinajstić information content (AvgIpc) is 3.42. The zero-order valence-corrected chi connectivity index (χ0v) is 18.1. The minimum absolute atomic E-state index is 0.0303. The number of nitrogens with two attached hydrogens (primary N) is 1. The van der Waals surface area contributed by atoms with Gasteiger partial charge in [0.1, 0.15) is 12.2 Å². The van der Waals surface area contributed by atoms with Gasteiger partial charge in [-0.25, -0.2) is 13.9 Å². The van der Waals surface area contributed by atoms with E-state index in [0.717, 1.165) is 0 Å². The summed E-state index contributed by atoms with van der Waals surface area (Å²) in [6, 6.07) is 8.44. The third kappa shape index (κ3) is 3.30. The topological polar surface area (TPSA) is 113 Å². The van der Waals surface area contributed by atoms with Crippen LogP contribution in [-0.4, -0.2) is 26.1 Å². The molecule has 0 aliphatic heterocycles. The summed E-state index contributed by atoms with van der Waals surface area (Å²) < 4.78 is 30.7. The monoisotopic (exact) mass is 466 g/mol. The first kappa shape index (κ1) is 21.2. The van der Waals surface area contributed by atoms with E-state index in [0.29, 0.717) is 38.9 Å². The highest BCUT2D eigenvalue weighted by atomic mass is 35.5. The van der Waals surface area contributed by atoms with E-state index in [2.05, 4.69) is 15.3 Å². The first-order valence-corrected chi connectivity index (χ1v) is 10.5. The van der Waals surface area contributed by atoms with Gasteiger partial charge < -0.3 is 5.73 Å². The van der Waals surface area contributed by atoms with E-state index in [-0.39, 0.29) is 34.7 Å². The standard InChI is InChI=1S/C23H17ClF2N6O/c1-32-22(20-15(7-27)12(13-6-18(13)25)5-17(24)21(20)26)16(9-29-32)10-2-3-11-14(4-10)19(8-28)30-31-23(11)33/h2-5,9,13,18H,6,8,28H2,1H3,(H,31,33). The second-order valence-electron chi connectivity index (χ2n) is 7.98. The number of nitrogens with one attached hydrogen (secondary N) is 1. The van der Waals surface area contributed by atoms with Crippen molar-refractivity contribution in [1.82, 2.24) is 20.0 Å². The van der Waals surface area contributed by atoms with Crippen LogP contribution in [0, 0.1) is 17.1 Å². The second kappa shape index (κ2) is 7.76. The molecule has 1 saturated carbocycles. The third-order valence-electron chi connectivity index (χ3n) is 6.02. The van der Waals surface area contributed by atoms with Gasteiger partial charge in [-0.05, 0) is 35.7 Å². The Labute approximate surface area is 191 Å². The number of aryl methyl sites for hydroxylation is 1. The molecule has 4 aromatic rings. The maximum absolute atomic E-state index is 15.4. The summed E-state index contributed by atoms with van der Waals surface area (Å²) in [5.74, 6) is -1.27. The fraction of sp³-hybridized carbons (Fsp3) is 0.217. The highest BCUT2D eigenvalue weighted by Crippen LogP contribution is 2.49. The molecule has 2 aromatic heterocycles. The molecular formula is C23H17ClF2N6O. The summed E-state index contributed by atoms with van der Waals surface area (Å²) in [5.41, 5.74) is 7.76. The predicted molar refractivity (Wildman–Crippen MR) is 120 cm³/mol. The molecule has 33 heavy (non-hydrogen) atoms. The van der Waals surface area contributed by atoms with Crippen LogP contribution >= 0.6 is 11.6 Å². The van der Waals surface area contributed by atoms with Gasteiger partial charge in [0.05, 0.1) is 39.1 Å². The zero-order chi connectivity index (χ0) is 23.4. The Kier molecular flexibility index (Phi) is 5.00. The van der Waals surface area contributed by atoms with Gasteiger partial charge >= 0.3 is 0 Å². The van der Waals surface area contributed by atoms with E-state index < -0.39 is 17.9 Å². The first-order chi connectivity index (χ1) is 15.8. The molecule has 5 rings (SSSR count). The van der Waals surface area contributed by atoms with Crippen molar-refractivity contribution in [3.05, 3.63) is 68.5 Å². The maximum atomic E-state index is 15.4. The number of aromatic amines is 1. The normalized spacial score (nSPS) is 17.3. The fourth-order valence-corrected chi connectivity index (χ4v) is 4.47. The number of hydrogen-bond acceptors (Lipinski definition) is 5. The summed E-state index contributed by atoms with van der Waals surface area (Å²) in [4.78, 5) is 12.2. The fourth-order valence-electron chi connectivity index (χ4n) is 4.25. The van der Waals surface area contributed by atoms with Crippen molar-refractivity contribution in [3.63, 3.8) is 0 Å². The quantitative estimate of drug-likeness (QED) is 0.473. The van der Waals surface area contributed by atoms with Crippen molar-refractivity contribution < 1.29 is 8.78 Å². The van der Waals surface area contributed by atoms with Crippen LogP contribution in [-0.2, 0) is 13.6 Å². The molecular weight excluding hydrogens is 450 g/mol. The van der Waals surface area contributed by atoms with Gasteiger partial charge in [-0.1, -0.05) is 17.7 Å². The Morgan fingerprint density at radius 1 is 1.36 bits per heavy atom. The summed E-state index contributed by atoms with van der Waals surface area (Å²) in [6.45, 7) is 0.104. The molecule has 1 aliphatic rings. The first-order valence-electron chi connectivity index (χ1n) is 10.2. The minimum atomic E-state index is -1.08. The molecule has 3 N–H and O–H groups in total. The SMILES string of the molecule is Cn1ncc(-c2ccc3c(=O)[nH]nc(CN)c3c2)c1-c1c(F)c(Cl)cc(C2CC2F)c1C#N. The summed E-state index contributed by atoms with van der Waals surface area (Å²) in [7, 11) is 1.62. The molecule has 2 aromatic carbocycles. The molecule has 10 heteroatoms. The number of aromatic nitrogens is 4. The number of rotatable bonds is 4. The van der Waals surface area contributed by atoms with E-state index in [1.807, 2.05) is 6.07 Å². The Morgan fingerprint density at radius 2 is 2.12 bits per heavy atom. The molecule has 0 saturated heterocycles. The molecule has 1 aliphatic carbocycles. The number of alkyl halides is 1. The molecule has 0 bridgehead atoms. The van der Waals surface area contributed by atoms with Crippen molar-refractivity contribution >= 4 is 22.4 Å². The second-order valence-corrected chi connectivity index (χ2v) is 8.38. The summed E-state index contributed by atoms with van der Waals surface area (Å²) >= 11 is 6.17. The van der Waals surface area contributed by atoms with Crippen LogP contribution in [0.3, 0.4) is 0 Å². The Morgan fingerprint density at radius 3 is 2.79 bits per heavy atom. The van der Waals surface area contributed by atoms with Gasteiger partial charge in [0.25, 0.3) is 5.56 Å². The van der Waals surface area contributed by atoms with Crippen LogP contribution in [0.2, 0.25) is 5.02 Å². The molecule has 2 heterocycles. The largest absolute Gasteiger partial charge is 0.325 e. The highest BCUT2D eigenvalue weighted by Gasteiger charge is 2.42. The summed E-state index contributed by atoms with van der Waals surface area (Å²) in [6.07, 6.45) is 0.719. The molecule has 2 atom stereocenters. The molecule has 0 spiro atoms. The van der Waals surface area contributed by atoms with Crippen LogP contribution in [0.25, 0.3) is 33.2 Å². The van der Waals surface area contributed by atoms with Gasteiger partial charge in [-0.15, -0.1) is 0 Å². The van der Waals surface area contributed by atoms with Gasteiger partial charge in [-0.2, -0.15) is 15.5 Å². The molecule has 7 nitrogen and oxygen atoms in total. The van der Waals surface area contributed by atoms with Crippen LogP contribution in [0.15, 0.2) is 35.3 Å². The predicted octanol–water partition coefficient (Wildman–Crippen LogP) is 3.94. The van der Waals surface area contributed by atoms with Gasteiger partial charge in [-0.3, -0.25) is 9.48 Å². The van der Waals surface area contributed by atoms with Crippen LogP contribution in [0.1, 0.15) is 29.2 Å². The van der Waals surface area contributed by atoms with E-state index in [4.69, 9.17) is 17.3 Å². The highest BCUT2D eigenvalue weighted by molar-refractivity contribution is 6.31. The number of benzene rings is 2. The smallest absolute Gasteiger partial charge is 0.272 e. The van der Waals surface area contributed by atoms with Crippen molar-refractivity contribution in [2.45, 2.75) is 25.1 Å². The lowest BCUT2D eigenvalue weighted by molar-refractivity contribution is 0.468. The Bertz CT molecular complexity index is 1540. The average molecular weight is 467 g/mol. The van der Waals surface area contributed by atoms with Gasteiger partial charge in [0.2, 0.25) is 0 Å². The number of nitriles is 1. The third-order valence-corrected chi connectivity index (χ3v) is 6.30. The number of H-pyrrole nitrogens is 1. The van der Waals surface area contributed by atoms with Crippen LogP contribution < -0.4 is 11.3 Å². The molecule has 0 radical (unpaired) electrons. The number of halogens is 3. The number of fused-ring (bicyclic) bond motifs is 1. The van der Waals surface area contributed by atoms with Crippen LogP contribution in [0.4, 0.5) is 8.78 Å². The Hall–Kier alpha value is -3.61. The van der Waals surface area contributed by atoms with Crippen molar-refractivity contribution in [2.75, 3.05) is 0 Å². The number of nitrogens with zero attached hydrogens (tertiary/aromatic N) is 4. The van der Waals surface area contributed by atoms with Crippen molar-refractivity contribution in [1.29, 1.82) is 5.26 Å². The van der Waals surface area contributed by atoms with Gasteiger partial charge in [0, 0.05) is 30.5 Å². The number of hydrogen-bond donors (Lipinski definition) is 2. The molecule has 166 valence electrons. The van der Waals surface area contributed by atoms with E-state index in [1.54, 1.807) is 25.2 Å². The zero-order valence-electron chi connectivity index (χ0n) is 17.4. The van der Waals surface area contributed by atoms with E-state index in [1.165, 1.54) is 16.9 Å².